The molecule has 0 radical (unpaired) electrons. The molecule has 0 aromatic heterocycles. The molecule has 0 bridgehead atoms. The van der Waals surface area contributed by atoms with Crippen molar-refractivity contribution in [2.45, 2.75) is 20.5 Å². The predicted octanol–water partition coefficient (Wildman–Crippen LogP) is 3.28. The van der Waals surface area contributed by atoms with E-state index in [0.29, 0.717) is 12.2 Å². The molecule has 0 heterocycles. The van der Waals surface area contributed by atoms with E-state index in [2.05, 4.69) is 11.2 Å². The van der Waals surface area contributed by atoms with E-state index in [9.17, 15) is 4.39 Å². The molecule has 20 heavy (non-hydrogen) atoms. The van der Waals surface area contributed by atoms with Crippen molar-refractivity contribution in [2.24, 2.45) is 10.9 Å². The average molecular weight is 272 g/mol. The second kappa shape index (κ2) is 6.19. The van der Waals surface area contributed by atoms with Crippen molar-refractivity contribution in [1.82, 2.24) is 0 Å². The predicted molar refractivity (Wildman–Crippen MR) is 77.8 cm³/mol. The van der Waals surface area contributed by atoms with E-state index in [1.165, 1.54) is 23.3 Å². The Bertz CT molecular complexity index is 601. The number of nitrogens with two attached hydrogens (primary N) is 1. The van der Waals surface area contributed by atoms with Crippen LogP contribution in [-0.2, 0) is 11.4 Å². The van der Waals surface area contributed by atoms with Gasteiger partial charge in [-0.25, -0.2) is 4.39 Å². The minimum Gasteiger partial charge on any atom is -0.389 e. The van der Waals surface area contributed by atoms with E-state index in [0.717, 1.165) is 5.56 Å². The van der Waals surface area contributed by atoms with E-state index in [-0.39, 0.29) is 11.7 Å². The summed E-state index contributed by atoms with van der Waals surface area (Å²) in [7, 11) is 0. The zero-order valence-corrected chi connectivity index (χ0v) is 11.6. The van der Waals surface area contributed by atoms with Crippen LogP contribution in [0.15, 0.2) is 47.6 Å². The van der Waals surface area contributed by atoms with Crippen molar-refractivity contribution in [1.29, 1.82) is 0 Å². The van der Waals surface area contributed by atoms with Gasteiger partial charge in [0.1, 0.15) is 12.4 Å². The van der Waals surface area contributed by atoms with Gasteiger partial charge in [-0.15, -0.1) is 0 Å². The van der Waals surface area contributed by atoms with Crippen LogP contribution in [0.3, 0.4) is 0 Å². The lowest BCUT2D eigenvalue weighted by Crippen LogP contribution is -2.13. The van der Waals surface area contributed by atoms with Crippen molar-refractivity contribution in [3.8, 4) is 0 Å². The first-order chi connectivity index (χ1) is 9.54. The SMILES string of the molecule is Cc1cc(C)cc(CO/N=C(/N)c2ccc(F)cc2)c1. The molecule has 104 valence electrons. The van der Waals surface area contributed by atoms with E-state index in [1.54, 1.807) is 12.1 Å². The van der Waals surface area contributed by atoms with Gasteiger partial charge >= 0.3 is 0 Å². The second-order valence-corrected chi connectivity index (χ2v) is 4.75. The zero-order chi connectivity index (χ0) is 14.5. The largest absolute Gasteiger partial charge is 0.389 e. The Morgan fingerprint density at radius 3 is 2.30 bits per heavy atom. The molecule has 3 nitrogen and oxygen atoms in total. The molecular formula is C16H17FN2O. The number of halogens is 1. The minimum atomic E-state index is -0.308. The second-order valence-electron chi connectivity index (χ2n) is 4.75. The highest BCUT2D eigenvalue weighted by Crippen LogP contribution is 2.10. The Hall–Kier alpha value is -2.36. The number of hydrogen-bond acceptors (Lipinski definition) is 2. The fraction of sp³-hybridized carbons (Fsp3) is 0.188. The van der Waals surface area contributed by atoms with Crippen LogP contribution in [0.4, 0.5) is 4.39 Å². The van der Waals surface area contributed by atoms with Crippen molar-refractivity contribution in [3.63, 3.8) is 0 Å². The Morgan fingerprint density at radius 2 is 1.70 bits per heavy atom. The number of hydrogen-bond donors (Lipinski definition) is 1. The topological polar surface area (TPSA) is 47.6 Å². The molecule has 0 unspecified atom stereocenters. The molecule has 0 aliphatic heterocycles. The lowest BCUT2D eigenvalue weighted by molar-refractivity contribution is 0.130. The molecule has 0 saturated heterocycles. The van der Waals surface area contributed by atoms with Crippen LogP contribution in [0.2, 0.25) is 0 Å². The summed E-state index contributed by atoms with van der Waals surface area (Å²) < 4.78 is 12.8. The lowest BCUT2D eigenvalue weighted by atomic mass is 10.1. The average Bonchev–Trinajstić information content (AvgIpc) is 2.38. The summed E-state index contributed by atoms with van der Waals surface area (Å²) in [6.45, 7) is 4.42. The molecule has 0 aliphatic carbocycles. The Morgan fingerprint density at radius 1 is 1.10 bits per heavy atom. The first-order valence-corrected chi connectivity index (χ1v) is 6.33. The van der Waals surface area contributed by atoms with Gasteiger partial charge < -0.3 is 10.6 Å². The number of amidine groups is 1. The highest BCUT2D eigenvalue weighted by Gasteiger charge is 2.00. The molecule has 0 spiro atoms. The molecule has 0 amide bonds. The summed E-state index contributed by atoms with van der Waals surface area (Å²) in [5.41, 5.74) is 9.80. The molecular weight excluding hydrogens is 255 g/mol. The Labute approximate surface area is 117 Å². The van der Waals surface area contributed by atoms with Crippen LogP contribution in [0.1, 0.15) is 22.3 Å². The molecule has 0 fully saturated rings. The first kappa shape index (κ1) is 14.1. The number of oxime groups is 1. The van der Waals surface area contributed by atoms with Gasteiger partial charge in [0, 0.05) is 5.56 Å². The van der Waals surface area contributed by atoms with Gasteiger partial charge in [0.2, 0.25) is 0 Å². The number of rotatable bonds is 4. The zero-order valence-electron chi connectivity index (χ0n) is 11.6. The molecule has 4 heteroatoms. The Kier molecular flexibility index (Phi) is 4.35. The van der Waals surface area contributed by atoms with Gasteiger partial charge in [-0.05, 0) is 43.7 Å². The number of nitrogens with zero attached hydrogens (tertiary/aromatic N) is 1. The molecule has 0 atom stereocenters. The van der Waals surface area contributed by atoms with Crippen LogP contribution in [0, 0.1) is 19.7 Å². The van der Waals surface area contributed by atoms with E-state index >= 15 is 0 Å². The van der Waals surface area contributed by atoms with E-state index < -0.39 is 0 Å². The summed E-state index contributed by atoms with van der Waals surface area (Å²) in [6.07, 6.45) is 0. The molecule has 2 aromatic carbocycles. The summed E-state index contributed by atoms with van der Waals surface area (Å²) in [5, 5.41) is 3.85. The summed E-state index contributed by atoms with van der Waals surface area (Å²) in [5.74, 6) is -0.0768. The van der Waals surface area contributed by atoms with Crippen LogP contribution >= 0.6 is 0 Å². The maximum absolute atomic E-state index is 12.8. The lowest BCUT2D eigenvalue weighted by Gasteiger charge is -2.05. The van der Waals surface area contributed by atoms with Crippen LogP contribution < -0.4 is 5.73 Å². The standard InChI is InChI=1S/C16H17FN2O/c1-11-7-12(2)9-13(8-11)10-20-19-16(18)14-3-5-15(17)6-4-14/h3-9H,10H2,1-2H3,(H2,18,19). The van der Waals surface area contributed by atoms with Crippen LogP contribution in [0.5, 0.6) is 0 Å². The van der Waals surface area contributed by atoms with E-state index in [4.69, 9.17) is 10.6 Å². The summed E-state index contributed by atoms with van der Waals surface area (Å²) in [4.78, 5) is 5.25. The van der Waals surface area contributed by atoms with Crippen molar-refractivity contribution < 1.29 is 9.23 Å². The van der Waals surface area contributed by atoms with Crippen LogP contribution in [0.25, 0.3) is 0 Å². The van der Waals surface area contributed by atoms with Gasteiger partial charge in [-0.2, -0.15) is 0 Å². The maximum atomic E-state index is 12.8. The fourth-order valence-corrected chi connectivity index (χ4v) is 2.00. The van der Waals surface area contributed by atoms with Gasteiger partial charge in [0.15, 0.2) is 5.84 Å². The van der Waals surface area contributed by atoms with Gasteiger partial charge in [-0.1, -0.05) is 34.5 Å². The fourth-order valence-electron chi connectivity index (χ4n) is 2.00. The van der Waals surface area contributed by atoms with Crippen molar-refractivity contribution in [2.75, 3.05) is 0 Å². The molecule has 0 aliphatic rings. The number of benzene rings is 2. The third kappa shape index (κ3) is 3.82. The first-order valence-electron chi connectivity index (χ1n) is 6.33. The monoisotopic (exact) mass is 272 g/mol. The highest BCUT2D eigenvalue weighted by molar-refractivity contribution is 5.96. The minimum absolute atomic E-state index is 0.231. The van der Waals surface area contributed by atoms with E-state index in [1.807, 2.05) is 26.0 Å². The van der Waals surface area contributed by atoms with Gasteiger partial charge in [0.25, 0.3) is 0 Å². The van der Waals surface area contributed by atoms with Crippen molar-refractivity contribution in [3.05, 3.63) is 70.5 Å². The molecule has 2 rings (SSSR count). The third-order valence-electron chi connectivity index (χ3n) is 2.82. The molecule has 2 aromatic rings. The van der Waals surface area contributed by atoms with Gasteiger partial charge in [-0.3, -0.25) is 0 Å². The van der Waals surface area contributed by atoms with Crippen molar-refractivity contribution >= 4 is 5.84 Å². The summed E-state index contributed by atoms with van der Waals surface area (Å²) in [6, 6.07) is 12.0. The third-order valence-corrected chi connectivity index (χ3v) is 2.82. The molecule has 0 saturated carbocycles. The van der Waals surface area contributed by atoms with Crippen LogP contribution in [-0.4, -0.2) is 5.84 Å². The summed E-state index contributed by atoms with van der Waals surface area (Å²) >= 11 is 0. The molecule has 2 N–H and O–H groups in total. The van der Waals surface area contributed by atoms with Gasteiger partial charge in [0.05, 0.1) is 0 Å². The Balaban J connectivity index is 2.00. The number of aryl methyl sites for hydroxylation is 2. The maximum Gasteiger partial charge on any atom is 0.170 e. The quantitative estimate of drug-likeness (QED) is 0.527. The highest BCUT2D eigenvalue weighted by atomic mass is 19.1. The smallest absolute Gasteiger partial charge is 0.170 e. The normalized spacial score (nSPS) is 11.4.